The molecule has 22 heavy (non-hydrogen) atoms. The van der Waals surface area contributed by atoms with Crippen LogP contribution in [-0.4, -0.2) is 42.7 Å². The van der Waals surface area contributed by atoms with Crippen molar-refractivity contribution in [2.75, 3.05) is 31.9 Å². The first-order valence-electron chi connectivity index (χ1n) is 7.64. The van der Waals surface area contributed by atoms with Gasteiger partial charge >= 0.3 is 0 Å². The molecule has 0 bridgehead atoms. The van der Waals surface area contributed by atoms with Gasteiger partial charge in [-0.3, -0.25) is 4.79 Å². The second kappa shape index (κ2) is 7.00. The average Bonchev–Trinajstić information content (AvgIpc) is 2.97. The van der Waals surface area contributed by atoms with E-state index in [9.17, 15) is 4.79 Å². The zero-order chi connectivity index (χ0) is 15.6. The van der Waals surface area contributed by atoms with Crippen molar-refractivity contribution in [2.24, 2.45) is 5.41 Å². The molecule has 0 radical (unpaired) electrons. The summed E-state index contributed by atoms with van der Waals surface area (Å²) in [6.07, 6.45) is 3.49. The number of piperidine rings is 1. The first-order valence-corrected chi connectivity index (χ1v) is 9.39. The SMILES string of the molecule is O=C(CSc1cc(Cl)ccc1Cl)N1CCC2(CCNC2)CC1. The van der Waals surface area contributed by atoms with Crippen molar-refractivity contribution >= 4 is 40.9 Å². The quantitative estimate of drug-likeness (QED) is 0.836. The Kier molecular flexibility index (Phi) is 5.23. The number of hydrogen-bond donors (Lipinski definition) is 1. The summed E-state index contributed by atoms with van der Waals surface area (Å²) in [7, 11) is 0. The van der Waals surface area contributed by atoms with Crippen LogP contribution < -0.4 is 5.32 Å². The number of rotatable bonds is 3. The molecule has 6 heteroatoms. The molecule has 3 rings (SSSR count). The summed E-state index contributed by atoms with van der Waals surface area (Å²) in [5.41, 5.74) is 0.445. The van der Waals surface area contributed by atoms with Crippen LogP contribution in [0.15, 0.2) is 23.1 Å². The van der Waals surface area contributed by atoms with Crippen LogP contribution in [0.2, 0.25) is 10.0 Å². The van der Waals surface area contributed by atoms with E-state index in [0.717, 1.165) is 43.9 Å². The van der Waals surface area contributed by atoms with Gasteiger partial charge in [0.1, 0.15) is 0 Å². The zero-order valence-electron chi connectivity index (χ0n) is 12.4. The molecule has 0 unspecified atom stereocenters. The summed E-state index contributed by atoms with van der Waals surface area (Å²) >= 11 is 13.6. The van der Waals surface area contributed by atoms with Gasteiger partial charge in [0.15, 0.2) is 0 Å². The fourth-order valence-corrected chi connectivity index (χ4v) is 4.67. The molecule has 1 aromatic carbocycles. The van der Waals surface area contributed by atoms with Crippen molar-refractivity contribution in [3.05, 3.63) is 28.2 Å². The highest BCUT2D eigenvalue weighted by atomic mass is 35.5. The predicted molar refractivity (Wildman–Crippen MR) is 92.9 cm³/mol. The standard InChI is InChI=1S/C16H20Cl2N2OS/c17-12-1-2-13(18)14(9-12)22-10-15(21)20-7-4-16(5-8-20)3-6-19-11-16/h1-2,9,19H,3-8,10-11H2. The summed E-state index contributed by atoms with van der Waals surface area (Å²) in [6, 6.07) is 5.35. The molecule has 120 valence electrons. The number of nitrogens with one attached hydrogen (secondary N) is 1. The van der Waals surface area contributed by atoms with Gasteiger partial charge in [0.2, 0.25) is 5.91 Å². The van der Waals surface area contributed by atoms with Crippen LogP contribution in [0.3, 0.4) is 0 Å². The van der Waals surface area contributed by atoms with Gasteiger partial charge in [-0.05, 0) is 49.4 Å². The van der Waals surface area contributed by atoms with E-state index in [4.69, 9.17) is 23.2 Å². The van der Waals surface area contributed by atoms with Crippen molar-refractivity contribution in [2.45, 2.75) is 24.2 Å². The molecule has 2 aliphatic rings. The van der Waals surface area contributed by atoms with E-state index in [1.165, 1.54) is 18.2 Å². The molecular weight excluding hydrogens is 339 g/mol. The summed E-state index contributed by atoms with van der Waals surface area (Å²) in [5, 5.41) is 4.75. The number of carbonyl (C=O) groups excluding carboxylic acids is 1. The van der Waals surface area contributed by atoms with Crippen molar-refractivity contribution in [3.8, 4) is 0 Å². The fourth-order valence-electron chi connectivity index (χ4n) is 3.27. The third-order valence-electron chi connectivity index (χ3n) is 4.75. The highest BCUT2D eigenvalue weighted by molar-refractivity contribution is 8.00. The Labute approximate surface area is 145 Å². The van der Waals surface area contributed by atoms with Crippen LogP contribution in [0.1, 0.15) is 19.3 Å². The molecule has 1 amide bonds. The number of nitrogens with zero attached hydrogens (tertiary/aromatic N) is 1. The van der Waals surface area contributed by atoms with Gasteiger partial charge in [-0.25, -0.2) is 0 Å². The van der Waals surface area contributed by atoms with E-state index >= 15 is 0 Å². The first kappa shape index (κ1) is 16.4. The molecule has 2 aliphatic heterocycles. The Bertz CT molecular complexity index is 551. The summed E-state index contributed by atoms with van der Waals surface area (Å²) in [5.74, 6) is 0.618. The van der Waals surface area contributed by atoms with Crippen molar-refractivity contribution < 1.29 is 4.79 Å². The lowest BCUT2D eigenvalue weighted by Crippen LogP contribution is -2.44. The Hall–Kier alpha value is -0.420. The van der Waals surface area contributed by atoms with Crippen LogP contribution in [0.25, 0.3) is 0 Å². The number of likely N-dealkylation sites (tertiary alicyclic amines) is 1. The number of hydrogen-bond acceptors (Lipinski definition) is 3. The molecule has 1 spiro atoms. The Morgan fingerprint density at radius 3 is 2.73 bits per heavy atom. The van der Waals surface area contributed by atoms with E-state index in [2.05, 4.69) is 5.32 Å². The molecule has 2 heterocycles. The minimum Gasteiger partial charge on any atom is -0.342 e. The van der Waals surface area contributed by atoms with Gasteiger partial charge in [0.05, 0.1) is 10.8 Å². The molecule has 0 saturated carbocycles. The van der Waals surface area contributed by atoms with E-state index in [-0.39, 0.29) is 5.91 Å². The van der Waals surface area contributed by atoms with Gasteiger partial charge in [-0.15, -0.1) is 11.8 Å². The predicted octanol–water partition coefficient (Wildman–Crippen LogP) is 3.69. The molecular formula is C16H20Cl2N2OS. The van der Waals surface area contributed by atoms with E-state index in [0.29, 0.717) is 21.2 Å². The number of benzene rings is 1. The number of carbonyl (C=O) groups is 1. The van der Waals surface area contributed by atoms with E-state index in [1.807, 2.05) is 11.0 Å². The molecule has 2 saturated heterocycles. The number of amides is 1. The molecule has 1 N–H and O–H groups in total. The maximum Gasteiger partial charge on any atom is 0.232 e. The fraction of sp³-hybridized carbons (Fsp3) is 0.562. The van der Waals surface area contributed by atoms with Crippen LogP contribution in [0.5, 0.6) is 0 Å². The smallest absolute Gasteiger partial charge is 0.232 e. The minimum absolute atomic E-state index is 0.196. The van der Waals surface area contributed by atoms with Crippen LogP contribution in [0, 0.1) is 5.41 Å². The second-order valence-corrected chi connectivity index (χ2v) is 8.03. The Morgan fingerprint density at radius 2 is 2.05 bits per heavy atom. The Balaban J connectivity index is 1.51. The van der Waals surface area contributed by atoms with Crippen molar-refractivity contribution in [1.82, 2.24) is 10.2 Å². The molecule has 0 aromatic heterocycles. The van der Waals surface area contributed by atoms with Gasteiger partial charge < -0.3 is 10.2 Å². The van der Waals surface area contributed by atoms with Crippen molar-refractivity contribution in [1.29, 1.82) is 0 Å². The van der Waals surface area contributed by atoms with Gasteiger partial charge in [0, 0.05) is 29.6 Å². The number of halogens is 2. The van der Waals surface area contributed by atoms with Gasteiger partial charge in [-0.2, -0.15) is 0 Å². The Morgan fingerprint density at radius 1 is 1.27 bits per heavy atom. The third-order valence-corrected chi connectivity index (χ3v) is 6.47. The monoisotopic (exact) mass is 358 g/mol. The van der Waals surface area contributed by atoms with Gasteiger partial charge in [0.25, 0.3) is 0 Å². The molecule has 0 atom stereocenters. The van der Waals surface area contributed by atoms with E-state index < -0.39 is 0 Å². The zero-order valence-corrected chi connectivity index (χ0v) is 14.7. The van der Waals surface area contributed by atoms with E-state index in [1.54, 1.807) is 12.1 Å². The maximum absolute atomic E-state index is 12.4. The van der Waals surface area contributed by atoms with Crippen molar-refractivity contribution in [3.63, 3.8) is 0 Å². The summed E-state index contributed by atoms with van der Waals surface area (Å²) < 4.78 is 0. The highest BCUT2D eigenvalue weighted by Crippen LogP contribution is 2.37. The summed E-state index contributed by atoms with van der Waals surface area (Å²) in [4.78, 5) is 15.3. The third kappa shape index (κ3) is 3.73. The van der Waals surface area contributed by atoms with Crippen LogP contribution >= 0.6 is 35.0 Å². The lowest BCUT2D eigenvalue weighted by molar-refractivity contribution is -0.130. The molecule has 2 fully saturated rings. The lowest BCUT2D eigenvalue weighted by atomic mass is 9.78. The maximum atomic E-state index is 12.4. The summed E-state index contributed by atoms with van der Waals surface area (Å²) in [6.45, 7) is 3.99. The molecule has 1 aromatic rings. The normalized spacial score (nSPS) is 20.5. The van der Waals surface area contributed by atoms with Crippen LogP contribution in [0.4, 0.5) is 0 Å². The number of thioether (sulfide) groups is 1. The average molecular weight is 359 g/mol. The molecule has 0 aliphatic carbocycles. The van der Waals surface area contributed by atoms with Gasteiger partial charge in [-0.1, -0.05) is 23.2 Å². The topological polar surface area (TPSA) is 32.3 Å². The van der Waals surface area contributed by atoms with Crippen LogP contribution in [-0.2, 0) is 4.79 Å². The second-order valence-electron chi connectivity index (χ2n) is 6.17. The lowest BCUT2D eigenvalue weighted by Gasteiger charge is -2.38. The largest absolute Gasteiger partial charge is 0.342 e. The first-order chi connectivity index (χ1) is 10.6. The highest BCUT2D eigenvalue weighted by Gasteiger charge is 2.37. The minimum atomic E-state index is 0.196. The molecule has 3 nitrogen and oxygen atoms in total.